The third-order valence-corrected chi connectivity index (χ3v) is 3.58. The lowest BCUT2D eigenvalue weighted by Crippen LogP contribution is -2.12. The Kier molecular flexibility index (Phi) is 4.86. The average molecular weight is 346 g/mol. The van der Waals surface area contributed by atoms with Crippen LogP contribution in [-0.4, -0.2) is 16.1 Å². The van der Waals surface area contributed by atoms with E-state index < -0.39 is 5.82 Å². The number of carbonyl (C=O) groups excluding carboxylic acids is 1. The molecule has 7 heteroatoms. The molecule has 3 aromatic rings. The molecule has 0 atom stereocenters. The molecule has 0 aliphatic carbocycles. The molecule has 5 nitrogen and oxygen atoms in total. The maximum absolute atomic E-state index is 13.1. The molecule has 0 saturated carbocycles. The molecule has 3 rings (SSSR count). The van der Waals surface area contributed by atoms with Gasteiger partial charge in [-0.2, -0.15) is 0 Å². The van der Waals surface area contributed by atoms with Gasteiger partial charge >= 0.3 is 0 Å². The van der Waals surface area contributed by atoms with Gasteiger partial charge in [-0.3, -0.25) is 4.79 Å². The fourth-order valence-electron chi connectivity index (χ4n) is 2.11. The highest BCUT2D eigenvalue weighted by Gasteiger charge is 2.12. The van der Waals surface area contributed by atoms with Crippen molar-refractivity contribution in [3.8, 4) is 11.5 Å². The van der Waals surface area contributed by atoms with Crippen molar-refractivity contribution in [2.75, 3.05) is 5.32 Å². The largest absolute Gasteiger partial charge is 0.421 e. The van der Waals surface area contributed by atoms with Crippen LogP contribution < -0.4 is 5.32 Å². The lowest BCUT2D eigenvalue weighted by Gasteiger charge is -2.03. The first-order chi connectivity index (χ1) is 11.6. The van der Waals surface area contributed by atoms with Gasteiger partial charge in [0, 0.05) is 18.5 Å². The van der Waals surface area contributed by atoms with E-state index in [9.17, 15) is 9.18 Å². The first-order valence-electron chi connectivity index (χ1n) is 7.24. The van der Waals surface area contributed by atoms with Crippen LogP contribution in [0.2, 0.25) is 5.02 Å². The highest BCUT2D eigenvalue weighted by atomic mass is 35.5. The second kappa shape index (κ2) is 7.23. The number of aryl methyl sites for hydroxylation is 1. The molecule has 0 fully saturated rings. The minimum absolute atomic E-state index is 0.140. The minimum Gasteiger partial charge on any atom is -0.421 e. The molecule has 0 aliphatic heterocycles. The highest BCUT2D eigenvalue weighted by Crippen LogP contribution is 2.26. The average Bonchev–Trinajstić information content (AvgIpc) is 3.02. The normalized spacial score (nSPS) is 10.6. The molecular weight excluding hydrogens is 333 g/mol. The number of aromatic nitrogens is 2. The van der Waals surface area contributed by atoms with Gasteiger partial charge in [0.25, 0.3) is 0 Å². The van der Waals surface area contributed by atoms with Crippen LogP contribution in [0.5, 0.6) is 0 Å². The number of nitrogens with zero attached hydrogens (tertiary/aromatic N) is 2. The molecule has 0 spiro atoms. The predicted molar refractivity (Wildman–Crippen MR) is 88.1 cm³/mol. The van der Waals surface area contributed by atoms with E-state index in [1.807, 2.05) is 6.07 Å². The predicted octanol–water partition coefficient (Wildman–Crippen LogP) is 4.10. The van der Waals surface area contributed by atoms with Gasteiger partial charge in [-0.05, 0) is 30.3 Å². The van der Waals surface area contributed by atoms with Crippen molar-refractivity contribution in [2.45, 2.75) is 12.8 Å². The topological polar surface area (TPSA) is 68.0 Å². The molecule has 0 radical (unpaired) electrons. The van der Waals surface area contributed by atoms with Crippen LogP contribution in [0.1, 0.15) is 12.3 Å². The molecule has 1 amide bonds. The van der Waals surface area contributed by atoms with Crippen LogP contribution in [0, 0.1) is 5.82 Å². The Labute approximate surface area is 142 Å². The Morgan fingerprint density at radius 2 is 2.00 bits per heavy atom. The van der Waals surface area contributed by atoms with Crippen LogP contribution in [0.15, 0.2) is 52.9 Å². The fraction of sp³-hybridized carbons (Fsp3) is 0.118. The van der Waals surface area contributed by atoms with E-state index in [1.54, 1.807) is 24.3 Å². The Hall–Kier alpha value is -2.73. The van der Waals surface area contributed by atoms with Gasteiger partial charge in [0.1, 0.15) is 5.82 Å². The number of hydrogen-bond donors (Lipinski definition) is 1. The summed E-state index contributed by atoms with van der Waals surface area (Å²) in [6, 6.07) is 12.8. The van der Waals surface area contributed by atoms with Gasteiger partial charge < -0.3 is 9.73 Å². The summed E-state index contributed by atoms with van der Waals surface area (Å²) in [4.78, 5) is 11.9. The van der Waals surface area contributed by atoms with Gasteiger partial charge in [-0.15, -0.1) is 10.2 Å². The molecule has 2 aromatic carbocycles. The Balaban J connectivity index is 1.59. The van der Waals surface area contributed by atoms with Gasteiger partial charge in [0.2, 0.25) is 17.7 Å². The second-order valence-electron chi connectivity index (χ2n) is 5.04. The summed E-state index contributed by atoms with van der Waals surface area (Å²) in [5.41, 5.74) is 1.05. The monoisotopic (exact) mass is 345 g/mol. The van der Waals surface area contributed by atoms with Gasteiger partial charge in [0.05, 0.1) is 10.6 Å². The fourth-order valence-corrected chi connectivity index (χ4v) is 2.32. The van der Waals surface area contributed by atoms with E-state index >= 15 is 0 Å². The molecule has 0 aliphatic rings. The zero-order chi connectivity index (χ0) is 16.9. The number of hydrogen-bond acceptors (Lipinski definition) is 4. The molecule has 24 heavy (non-hydrogen) atoms. The van der Waals surface area contributed by atoms with Crippen molar-refractivity contribution in [3.05, 3.63) is 65.3 Å². The molecule has 122 valence electrons. The Bertz CT molecular complexity index is 866. The number of benzene rings is 2. The highest BCUT2D eigenvalue weighted by molar-refractivity contribution is 6.33. The maximum atomic E-state index is 13.1. The Morgan fingerprint density at radius 1 is 1.17 bits per heavy atom. The lowest BCUT2D eigenvalue weighted by atomic mass is 10.2. The maximum Gasteiger partial charge on any atom is 0.249 e. The van der Waals surface area contributed by atoms with Crippen LogP contribution in [0.25, 0.3) is 11.5 Å². The molecular formula is C17H13ClFN3O2. The van der Waals surface area contributed by atoms with Crippen molar-refractivity contribution in [1.29, 1.82) is 0 Å². The number of amides is 1. The zero-order valence-electron chi connectivity index (χ0n) is 12.5. The molecule has 0 bridgehead atoms. The van der Waals surface area contributed by atoms with E-state index in [2.05, 4.69) is 15.5 Å². The van der Waals surface area contributed by atoms with E-state index in [1.165, 1.54) is 18.2 Å². The molecule has 0 saturated heterocycles. The minimum atomic E-state index is -0.408. The van der Waals surface area contributed by atoms with Gasteiger partial charge in [0.15, 0.2) is 0 Å². The summed E-state index contributed by atoms with van der Waals surface area (Å²) in [6.07, 6.45) is 0.416. The first-order valence-corrected chi connectivity index (χ1v) is 7.62. The third kappa shape index (κ3) is 3.97. The van der Waals surface area contributed by atoms with Crippen molar-refractivity contribution in [3.63, 3.8) is 0 Å². The smallest absolute Gasteiger partial charge is 0.249 e. The van der Waals surface area contributed by atoms with E-state index in [0.29, 0.717) is 28.1 Å². The number of nitrogens with one attached hydrogen (secondary N) is 1. The number of carbonyl (C=O) groups is 1. The van der Waals surface area contributed by atoms with Crippen molar-refractivity contribution in [2.24, 2.45) is 0 Å². The second-order valence-corrected chi connectivity index (χ2v) is 5.45. The summed E-state index contributed by atoms with van der Waals surface area (Å²) in [5.74, 6) is -0.0346. The molecule has 0 unspecified atom stereocenters. The summed E-state index contributed by atoms with van der Waals surface area (Å²) in [6.45, 7) is 0. The third-order valence-electron chi connectivity index (χ3n) is 3.25. The standard InChI is InChI=1S/C17H13ClFN3O2/c18-14-7-2-1-6-13(14)17-22-21-16(24-17)9-8-15(23)20-12-5-3-4-11(19)10-12/h1-7,10H,8-9H2,(H,20,23). The summed E-state index contributed by atoms with van der Waals surface area (Å²) in [7, 11) is 0. The van der Waals surface area contributed by atoms with E-state index in [0.717, 1.165) is 0 Å². The summed E-state index contributed by atoms with van der Waals surface area (Å²) in [5, 5.41) is 11.0. The zero-order valence-corrected chi connectivity index (χ0v) is 13.3. The van der Waals surface area contributed by atoms with Crippen molar-refractivity contribution in [1.82, 2.24) is 10.2 Å². The first kappa shape index (κ1) is 16.1. The molecule has 1 aromatic heterocycles. The van der Waals surface area contributed by atoms with Crippen LogP contribution in [-0.2, 0) is 11.2 Å². The Morgan fingerprint density at radius 3 is 2.79 bits per heavy atom. The molecule has 1 N–H and O–H groups in total. The van der Waals surface area contributed by atoms with Crippen LogP contribution in [0.3, 0.4) is 0 Å². The quantitative estimate of drug-likeness (QED) is 0.756. The van der Waals surface area contributed by atoms with Crippen molar-refractivity contribution >= 4 is 23.2 Å². The number of halogens is 2. The van der Waals surface area contributed by atoms with Crippen molar-refractivity contribution < 1.29 is 13.6 Å². The van der Waals surface area contributed by atoms with Gasteiger partial charge in [-0.25, -0.2) is 4.39 Å². The lowest BCUT2D eigenvalue weighted by molar-refractivity contribution is -0.116. The SMILES string of the molecule is O=C(CCc1nnc(-c2ccccc2Cl)o1)Nc1cccc(F)c1. The summed E-state index contributed by atoms with van der Waals surface area (Å²) >= 11 is 6.08. The van der Waals surface area contributed by atoms with Crippen LogP contribution >= 0.6 is 11.6 Å². The molecule has 1 heterocycles. The number of rotatable bonds is 5. The van der Waals surface area contributed by atoms with E-state index in [4.69, 9.17) is 16.0 Å². The summed E-state index contributed by atoms with van der Waals surface area (Å²) < 4.78 is 18.6. The number of anilines is 1. The van der Waals surface area contributed by atoms with E-state index in [-0.39, 0.29) is 18.7 Å². The van der Waals surface area contributed by atoms with Crippen LogP contribution in [0.4, 0.5) is 10.1 Å². The van der Waals surface area contributed by atoms with Gasteiger partial charge in [-0.1, -0.05) is 29.8 Å².